The lowest BCUT2D eigenvalue weighted by Gasteiger charge is -2.11. The number of nitrogens with zero attached hydrogens (tertiary/aromatic N) is 2. The molecule has 1 amide bonds. The fraction of sp³-hybridized carbons (Fsp3) is 0.294. The lowest BCUT2D eigenvalue weighted by Crippen LogP contribution is -2.24. The molecule has 25 heavy (non-hydrogen) atoms. The highest BCUT2D eigenvalue weighted by atomic mass is 32.2. The zero-order valence-electron chi connectivity index (χ0n) is 14.1. The van der Waals surface area contributed by atoms with E-state index in [-0.39, 0.29) is 17.0 Å². The van der Waals surface area contributed by atoms with E-state index in [4.69, 9.17) is 6.42 Å². The van der Waals surface area contributed by atoms with Gasteiger partial charge in [0.15, 0.2) is 0 Å². The second-order valence-electron chi connectivity index (χ2n) is 5.80. The molecule has 2 aromatic rings. The van der Waals surface area contributed by atoms with Crippen LogP contribution in [0.15, 0.2) is 41.4 Å². The van der Waals surface area contributed by atoms with Crippen LogP contribution >= 0.6 is 0 Å². The molecule has 0 bridgehead atoms. The van der Waals surface area contributed by atoms with Gasteiger partial charge < -0.3 is 5.32 Å². The number of aromatic nitrogens is 2. The molecule has 0 spiro atoms. The van der Waals surface area contributed by atoms with Crippen LogP contribution in [-0.2, 0) is 16.6 Å². The van der Waals surface area contributed by atoms with E-state index >= 15 is 0 Å². The van der Waals surface area contributed by atoms with Crippen molar-refractivity contribution in [2.45, 2.75) is 25.3 Å². The number of amides is 1. The highest BCUT2D eigenvalue weighted by Crippen LogP contribution is 2.15. The molecule has 8 heteroatoms. The number of sulfonamides is 1. The summed E-state index contributed by atoms with van der Waals surface area (Å²) in [5, 5.41) is 6.92. The average molecular weight is 360 g/mol. The first-order valence-electron chi connectivity index (χ1n) is 7.70. The van der Waals surface area contributed by atoms with Crippen LogP contribution in [0, 0.1) is 18.3 Å². The van der Waals surface area contributed by atoms with Crippen LogP contribution in [0.3, 0.4) is 0 Å². The second kappa shape index (κ2) is 7.96. The summed E-state index contributed by atoms with van der Waals surface area (Å²) >= 11 is 0. The molecule has 2 rings (SSSR count). The van der Waals surface area contributed by atoms with Gasteiger partial charge in [-0.1, -0.05) is 25.8 Å². The van der Waals surface area contributed by atoms with E-state index in [2.05, 4.69) is 21.1 Å². The molecule has 132 valence electrons. The van der Waals surface area contributed by atoms with E-state index in [1.165, 1.54) is 18.2 Å². The first-order chi connectivity index (χ1) is 11.8. The van der Waals surface area contributed by atoms with E-state index < -0.39 is 15.9 Å². The summed E-state index contributed by atoms with van der Waals surface area (Å²) in [5.41, 5.74) is 0.223. The van der Waals surface area contributed by atoms with Crippen LogP contribution in [0.5, 0.6) is 0 Å². The van der Waals surface area contributed by atoms with Gasteiger partial charge in [-0.15, -0.1) is 6.42 Å². The Morgan fingerprint density at radius 2 is 2.12 bits per heavy atom. The number of hydrogen-bond acceptors (Lipinski definition) is 4. The van der Waals surface area contributed by atoms with Gasteiger partial charge in [0, 0.05) is 18.2 Å². The van der Waals surface area contributed by atoms with Gasteiger partial charge in [0.2, 0.25) is 10.0 Å². The van der Waals surface area contributed by atoms with E-state index in [0.29, 0.717) is 18.3 Å². The standard InChI is InChI=1S/C17H20N4O3S/c1-4-9-19-25(23,24)15-7-5-6-14(11-15)17(22)20-16-8-10-18-21(16)12-13(2)3/h1,5-8,10-11,13,19H,9,12H2,2-3H3,(H,20,22). The molecule has 1 aromatic carbocycles. The summed E-state index contributed by atoms with van der Waals surface area (Å²) in [6.07, 6.45) is 6.67. The second-order valence-corrected chi connectivity index (χ2v) is 7.57. The van der Waals surface area contributed by atoms with Crippen LogP contribution in [-0.4, -0.2) is 30.7 Å². The summed E-state index contributed by atoms with van der Waals surface area (Å²) in [5.74, 6) is 2.71. The Balaban J connectivity index is 2.20. The van der Waals surface area contributed by atoms with Crippen molar-refractivity contribution in [3.05, 3.63) is 42.1 Å². The van der Waals surface area contributed by atoms with Crippen LogP contribution in [0.2, 0.25) is 0 Å². The lowest BCUT2D eigenvalue weighted by molar-refractivity contribution is 0.102. The molecule has 0 aliphatic heterocycles. The SMILES string of the molecule is C#CCNS(=O)(=O)c1cccc(C(=O)Nc2ccnn2CC(C)C)c1. The van der Waals surface area contributed by atoms with E-state index in [0.717, 1.165) is 0 Å². The smallest absolute Gasteiger partial charge is 0.256 e. The molecule has 0 aliphatic rings. The third-order valence-corrected chi connectivity index (χ3v) is 4.67. The molecular formula is C17H20N4O3S. The highest BCUT2D eigenvalue weighted by Gasteiger charge is 2.16. The summed E-state index contributed by atoms with van der Waals surface area (Å²) < 4.78 is 28.2. The van der Waals surface area contributed by atoms with Gasteiger partial charge in [0.1, 0.15) is 5.82 Å². The third kappa shape index (κ3) is 4.92. The molecule has 0 fully saturated rings. The number of hydrogen-bond donors (Lipinski definition) is 2. The number of anilines is 1. The maximum Gasteiger partial charge on any atom is 0.256 e. The normalized spacial score (nSPS) is 11.3. The fourth-order valence-corrected chi connectivity index (χ4v) is 3.12. The molecule has 0 atom stereocenters. The number of nitrogens with one attached hydrogen (secondary N) is 2. The van der Waals surface area contributed by atoms with E-state index in [1.807, 2.05) is 13.8 Å². The van der Waals surface area contributed by atoms with Crippen molar-refractivity contribution in [1.82, 2.24) is 14.5 Å². The molecule has 1 heterocycles. The molecule has 7 nitrogen and oxygen atoms in total. The summed E-state index contributed by atoms with van der Waals surface area (Å²) in [4.78, 5) is 12.4. The number of benzene rings is 1. The molecule has 2 N–H and O–H groups in total. The van der Waals surface area contributed by atoms with Crippen molar-refractivity contribution < 1.29 is 13.2 Å². The topological polar surface area (TPSA) is 93.1 Å². The largest absolute Gasteiger partial charge is 0.307 e. The average Bonchev–Trinajstić information content (AvgIpc) is 2.99. The molecule has 0 radical (unpaired) electrons. The maximum atomic E-state index is 12.4. The van der Waals surface area contributed by atoms with Gasteiger partial charge in [-0.25, -0.2) is 13.1 Å². The van der Waals surface area contributed by atoms with Crippen molar-refractivity contribution in [2.24, 2.45) is 5.92 Å². The van der Waals surface area contributed by atoms with E-state index in [1.54, 1.807) is 23.0 Å². The Hall–Kier alpha value is -2.63. The number of carbonyl (C=O) groups is 1. The minimum atomic E-state index is -3.75. The lowest BCUT2D eigenvalue weighted by atomic mass is 10.2. The minimum Gasteiger partial charge on any atom is -0.307 e. The Labute approximate surface area is 147 Å². The van der Waals surface area contributed by atoms with Crippen LogP contribution < -0.4 is 10.0 Å². The monoisotopic (exact) mass is 360 g/mol. The van der Waals surface area contributed by atoms with Gasteiger partial charge in [0.05, 0.1) is 17.6 Å². The Morgan fingerprint density at radius 1 is 1.36 bits per heavy atom. The highest BCUT2D eigenvalue weighted by molar-refractivity contribution is 7.89. The maximum absolute atomic E-state index is 12.4. The third-order valence-electron chi connectivity index (χ3n) is 3.27. The summed E-state index contributed by atoms with van der Waals surface area (Å²) in [7, 11) is -3.75. The van der Waals surface area contributed by atoms with Crippen molar-refractivity contribution in [2.75, 3.05) is 11.9 Å². The van der Waals surface area contributed by atoms with Crippen molar-refractivity contribution in [3.63, 3.8) is 0 Å². The number of rotatable bonds is 7. The van der Waals surface area contributed by atoms with Crippen LogP contribution in [0.25, 0.3) is 0 Å². The van der Waals surface area contributed by atoms with E-state index in [9.17, 15) is 13.2 Å². The Morgan fingerprint density at radius 3 is 2.80 bits per heavy atom. The first-order valence-corrected chi connectivity index (χ1v) is 9.18. The number of carbonyl (C=O) groups excluding carboxylic acids is 1. The van der Waals surface area contributed by atoms with Gasteiger partial charge in [-0.3, -0.25) is 4.79 Å². The summed E-state index contributed by atoms with van der Waals surface area (Å²) in [6, 6.07) is 7.44. The van der Waals surface area contributed by atoms with Crippen LogP contribution in [0.1, 0.15) is 24.2 Å². The molecule has 0 saturated heterocycles. The molecule has 1 aromatic heterocycles. The Bertz CT molecular complexity index is 895. The minimum absolute atomic E-state index is 0.0221. The summed E-state index contributed by atoms with van der Waals surface area (Å²) in [6.45, 7) is 4.63. The number of terminal acetylenes is 1. The van der Waals surface area contributed by atoms with Gasteiger partial charge in [-0.05, 0) is 24.1 Å². The zero-order valence-corrected chi connectivity index (χ0v) is 14.9. The quantitative estimate of drug-likeness (QED) is 0.735. The molecular weight excluding hydrogens is 340 g/mol. The van der Waals surface area contributed by atoms with Gasteiger partial charge in [-0.2, -0.15) is 9.82 Å². The molecule has 0 unspecified atom stereocenters. The molecule has 0 aliphatic carbocycles. The van der Waals surface area contributed by atoms with Crippen molar-refractivity contribution in [3.8, 4) is 12.3 Å². The zero-order chi connectivity index (χ0) is 18.4. The predicted octanol–water partition coefficient (Wildman–Crippen LogP) is 1.70. The van der Waals surface area contributed by atoms with Gasteiger partial charge in [0.25, 0.3) is 5.91 Å². The van der Waals surface area contributed by atoms with Crippen LogP contribution in [0.4, 0.5) is 5.82 Å². The van der Waals surface area contributed by atoms with Gasteiger partial charge >= 0.3 is 0 Å². The fourth-order valence-electron chi connectivity index (χ4n) is 2.14. The van der Waals surface area contributed by atoms with Crippen molar-refractivity contribution in [1.29, 1.82) is 0 Å². The predicted molar refractivity (Wildman–Crippen MR) is 95.5 cm³/mol. The Kier molecular flexibility index (Phi) is 5.96. The molecule has 0 saturated carbocycles. The first kappa shape index (κ1) is 18.7. The van der Waals surface area contributed by atoms with Crippen molar-refractivity contribution >= 4 is 21.7 Å².